The van der Waals surface area contributed by atoms with Gasteiger partial charge in [0.2, 0.25) is 0 Å². The minimum absolute atomic E-state index is 0.455. The summed E-state index contributed by atoms with van der Waals surface area (Å²) in [7, 11) is 1.90. The van der Waals surface area contributed by atoms with Gasteiger partial charge in [0.25, 0.3) is 0 Å². The Morgan fingerprint density at radius 2 is 2.21 bits per heavy atom. The van der Waals surface area contributed by atoms with Gasteiger partial charge < -0.3 is 15.5 Å². The van der Waals surface area contributed by atoms with Gasteiger partial charge in [-0.15, -0.1) is 0 Å². The Labute approximate surface area is 110 Å². The number of nitrogens with zero attached hydrogens (tertiary/aromatic N) is 5. The largest absolute Gasteiger partial charge is 0.382 e. The van der Waals surface area contributed by atoms with Crippen molar-refractivity contribution in [2.75, 3.05) is 11.1 Å². The normalized spacial score (nSPS) is 11.1. The lowest BCUT2D eigenvalue weighted by molar-refractivity contribution is 0.756. The van der Waals surface area contributed by atoms with Crippen molar-refractivity contribution >= 4 is 17.3 Å². The molecule has 0 fully saturated rings. The molecule has 0 bridgehead atoms. The molecule has 3 heterocycles. The fourth-order valence-electron chi connectivity index (χ4n) is 2.07. The lowest BCUT2D eigenvalue weighted by atomic mass is 10.2. The third-order valence-electron chi connectivity index (χ3n) is 2.95. The Hall–Kier alpha value is -2.57. The Morgan fingerprint density at radius 1 is 1.37 bits per heavy atom. The molecule has 0 saturated heterocycles. The first-order valence-electron chi connectivity index (χ1n) is 5.95. The lowest BCUT2D eigenvalue weighted by Gasteiger charge is -2.07. The molecule has 0 aliphatic carbocycles. The number of nitrogen functional groups attached to an aromatic ring is 1. The maximum absolute atomic E-state index is 5.77. The van der Waals surface area contributed by atoms with Crippen LogP contribution in [0.4, 0.5) is 11.6 Å². The van der Waals surface area contributed by atoms with Crippen molar-refractivity contribution < 1.29 is 0 Å². The van der Waals surface area contributed by atoms with E-state index in [1.54, 1.807) is 17.1 Å². The van der Waals surface area contributed by atoms with E-state index in [2.05, 4.69) is 20.4 Å². The molecular weight excluding hydrogens is 242 g/mol. The molecule has 0 aromatic carbocycles. The van der Waals surface area contributed by atoms with Crippen molar-refractivity contribution in [1.82, 2.24) is 24.1 Å². The number of imidazole rings is 1. The first-order chi connectivity index (χ1) is 9.13. The van der Waals surface area contributed by atoms with Crippen molar-refractivity contribution in [3.8, 4) is 0 Å². The molecule has 0 spiro atoms. The summed E-state index contributed by atoms with van der Waals surface area (Å²) in [6.45, 7) is 2.62. The number of nitrogens with two attached hydrogens (primary N) is 1. The number of nitrogens with one attached hydrogen (secondary N) is 1. The van der Waals surface area contributed by atoms with Crippen LogP contribution in [0.2, 0.25) is 0 Å². The van der Waals surface area contributed by atoms with Crippen LogP contribution in [0.3, 0.4) is 0 Å². The Kier molecular flexibility index (Phi) is 2.59. The summed E-state index contributed by atoms with van der Waals surface area (Å²) in [5.41, 5.74) is 8.65. The lowest BCUT2D eigenvalue weighted by Crippen LogP contribution is -2.06. The van der Waals surface area contributed by atoms with Crippen molar-refractivity contribution in [3.63, 3.8) is 0 Å². The van der Waals surface area contributed by atoms with Crippen LogP contribution in [-0.4, -0.2) is 24.1 Å². The number of fused-ring (bicyclic) bond motifs is 1. The molecular formula is C12H15N7. The van der Waals surface area contributed by atoms with Crippen LogP contribution in [0.1, 0.15) is 11.3 Å². The van der Waals surface area contributed by atoms with E-state index in [1.807, 2.05) is 30.8 Å². The molecule has 3 aromatic rings. The van der Waals surface area contributed by atoms with E-state index in [-0.39, 0.29) is 0 Å². The maximum Gasteiger partial charge on any atom is 0.180 e. The minimum atomic E-state index is 0.455. The van der Waals surface area contributed by atoms with Gasteiger partial charge in [-0.3, -0.25) is 4.68 Å². The molecule has 0 radical (unpaired) electrons. The number of hydrogen-bond donors (Lipinski definition) is 2. The average Bonchev–Trinajstić information content (AvgIpc) is 2.92. The summed E-state index contributed by atoms with van der Waals surface area (Å²) >= 11 is 0. The van der Waals surface area contributed by atoms with Crippen molar-refractivity contribution in [1.29, 1.82) is 0 Å². The summed E-state index contributed by atoms with van der Waals surface area (Å²) < 4.78 is 3.64. The molecule has 0 aliphatic heterocycles. The van der Waals surface area contributed by atoms with Crippen LogP contribution in [0, 0.1) is 6.92 Å². The van der Waals surface area contributed by atoms with Gasteiger partial charge in [-0.1, -0.05) is 0 Å². The summed E-state index contributed by atoms with van der Waals surface area (Å²) in [6, 6.07) is 0. The number of anilines is 2. The summed E-state index contributed by atoms with van der Waals surface area (Å²) in [4.78, 5) is 8.54. The maximum atomic E-state index is 5.77. The molecule has 98 valence electrons. The predicted molar refractivity (Wildman–Crippen MR) is 72.7 cm³/mol. The molecule has 19 heavy (non-hydrogen) atoms. The molecule has 0 saturated carbocycles. The number of rotatable bonds is 3. The van der Waals surface area contributed by atoms with Gasteiger partial charge in [0.1, 0.15) is 5.82 Å². The van der Waals surface area contributed by atoms with Crippen molar-refractivity contribution in [2.24, 2.45) is 7.05 Å². The average molecular weight is 257 g/mol. The number of hydrogen-bond acceptors (Lipinski definition) is 5. The van der Waals surface area contributed by atoms with Gasteiger partial charge in [-0.2, -0.15) is 5.10 Å². The fourth-order valence-corrected chi connectivity index (χ4v) is 2.07. The van der Waals surface area contributed by atoms with Gasteiger partial charge in [0, 0.05) is 37.7 Å². The second-order valence-corrected chi connectivity index (χ2v) is 4.44. The molecule has 3 rings (SSSR count). The molecule has 3 aromatic heterocycles. The fraction of sp³-hybridized carbons (Fsp3) is 0.250. The molecule has 7 nitrogen and oxygen atoms in total. The molecule has 0 atom stereocenters. The van der Waals surface area contributed by atoms with E-state index in [9.17, 15) is 0 Å². The predicted octanol–water partition coefficient (Wildman–Crippen LogP) is 0.966. The summed E-state index contributed by atoms with van der Waals surface area (Å²) in [5, 5.41) is 7.56. The summed E-state index contributed by atoms with van der Waals surface area (Å²) in [6.07, 6.45) is 7.28. The molecule has 0 amide bonds. The van der Waals surface area contributed by atoms with Gasteiger partial charge >= 0.3 is 0 Å². The van der Waals surface area contributed by atoms with E-state index >= 15 is 0 Å². The zero-order valence-electron chi connectivity index (χ0n) is 10.8. The highest BCUT2D eigenvalue weighted by Gasteiger charge is 2.08. The molecule has 7 heteroatoms. The molecule has 0 aliphatic rings. The topological polar surface area (TPSA) is 86.1 Å². The van der Waals surface area contributed by atoms with E-state index in [0.29, 0.717) is 18.2 Å². The van der Waals surface area contributed by atoms with Crippen LogP contribution in [0.5, 0.6) is 0 Å². The van der Waals surface area contributed by atoms with Crippen molar-refractivity contribution in [2.45, 2.75) is 13.5 Å². The van der Waals surface area contributed by atoms with E-state index < -0.39 is 0 Å². The first kappa shape index (κ1) is 11.5. The Balaban J connectivity index is 1.89. The highest BCUT2D eigenvalue weighted by Crippen LogP contribution is 2.16. The Morgan fingerprint density at radius 3 is 2.95 bits per heavy atom. The molecule has 3 N–H and O–H groups in total. The zero-order chi connectivity index (χ0) is 13.4. The third-order valence-corrected chi connectivity index (χ3v) is 2.95. The minimum Gasteiger partial charge on any atom is -0.382 e. The van der Waals surface area contributed by atoms with Gasteiger partial charge in [-0.05, 0) is 6.92 Å². The van der Waals surface area contributed by atoms with Gasteiger partial charge in [0.15, 0.2) is 11.5 Å². The van der Waals surface area contributed by atoms with Crippen LogP contribution < -0.4 is 11.1 Å². The van der Waals surface area contributed by atoms with Gasteiger partial charge in [0.05, 0.1) is 11.9 Å². The summed E-state index contributed by atoms with van der Waals surface area (Å²) in [5.74, 6) is 1.13. The van der Waals surface area contributed by atoms with E-state index in [1.165, 1.54) is 0 Å². The van der Waals surface area contributed by atoms with Crippen molar-refractivity contribution in [3.05, 3.63) is 36.0 Å². The van der Waals surface area contributed by atoms with E-state index in [0.717, 1.165) is 16.9 Å². The zero-order valence-corrected chi connectivity index (χ0v) is 10.8. The number of aromatic nitrogens is 5. The smallest absolute Gasteiger partial charge is 0.180 e. The quantitative estimate of drug-likeness (QED) is 0.730. The second-order valence-electron chi connectivity index (χ2n) is 4.44. The monoisotopic (exact) mass is 257 g/mol. The SMILES string of the molecule is Cc1nn(C)cc1CNc1nc(N)cn2ccnc12. The van der Waals surface area contributed by atoms with Crippen LogP contribution in [-0.2, 0) is 13.6 Å². The van der Waals surface area contributed by atoms with Gasteiger partial charge in [-0.25, -0.2) is 9.97 Å². The van der Waals surface area contributed by atoms with E-state index in [4.69, 9.17) is 5.73 Å². The van der Waals surface area contributed by atoms with Crippen LogP contribution in [0.15, 0.2) is 24.8 Å². The Bertz CT molecular complexity index is 725. The highest BCUT2D eigenvalue weighted by atomic mass is 15.3. The molecule has 0 unspecified atom stereocenters. The van der Waals surface area contributed by atoms with Crippen LogP contribution in [0.25, 0.3) is 5.65 Å². The third kappa shape index (κ3) is 2.10. The number of aryl methyl sites for hydroxylation is 2. The van der Waals surface area contributed by atoms with Crippen LogP contribution >= 0.6 is 0 Å². The second kappa shape index (κ2) is 4.27. The standard InChI is InChI=1S/C12H15N7/c1-8-9(6-18(2)17-8)5-15-11-12-14-3-4-19(12)7-10(13)16-11/h3-4,6-7H,5,13H2,1-2H3,(H,15,16). The first-order valence-corrected chi connectivity index (χ1v) is 5.95. The highest BCUT2D eigenvalue weighted by molar-refractivity contribution is 5.64.